The van der Waals surface area contributed by atoms with Crippen molar-refractivity contribution in [3.63, 3.8) is 0 Å². The van der Waals surface area contributed by atoms with Gasteiger partial charge in [0.1, 0.15) is 10.8 Å². The van der Waals surface area contributed by atoms with E-state index in [1.807, 2.05) is 0 Å². The molecule has 0 radical (unpaired) electrons. The average molecular weight is 401 g/mol. The summed E-state index contributed by atoms with van der Waals surface area (Å²) in [5.74, 6) is -1.12. The van der Waals surface area contributed by atoms with E-state index in [-0.39, 0.29) is 27.6 Å². The summed E-state index contributed by atoms with van der Waals surface area (Å²) in [4.78, 5) is 11.0. The van der Waals surface area contributed by atoms with E-state index < -0.39 is 22.6 Å². The summed E-state index contributed by atoms with van der Waals surface area (Å²) in [5, 5.41) is 10.4. The molecule has 2 N–H and O–H groups in total. The number of hydrogen-bond acceptors (Lipinski definition) is 5. The predicted octanol–water partition coefficient (Wildman–Crippen LogP) is 3.78. The van der Waals surface area contributed by atoms with Crippen LogP contribution in [0.15, 0.2) is 34.6 Å². The number of thiophene rings is 1. The fourth-order valence-corrected chi connectivity index (χ4v) is 4.78. The van der Waals surface area contributed by atoms with Gasteiger partial charge in [0.25, 0.3) is 10.0 Å². The number of nitrogens with one attached hydrogen (secondary N) is 1. The number of aryl methyl sites for hydroxylation is 1. The van der Waals surface area contributed by atoms with Gasteiger partial charge in [0, 0.05) is 5.38 Å². The lowest BCUT2D eigenvalue weighted by Crippen LogP contribution is -2.17. The minimum absolute atomic E-state index is 0.00206. The molecule has 138 valence electrons. The zero-order valence-electron chi connectivity index (χ0n) is 13.1. The van der Waals surface area contributed by atoms with E-state index in [2.05, 4.69) is 9.46 Å². The number of rotatable bonds is 6. The highest BCUT2D eigenvalue weighted by Crippen LogP contribution is 2.32. The van der Waals surface area contributed by atoms with Crippen LogP contribution in [0.1, 0.15) is 27.9 Å². The van der Waals surface area contributed by atoms with Crippen LogP contribution in [0.2, 0.25) is 0 Å². The molecule has 10 heteroatoms. The Kier molecular flexibility index (Phi) is 4.97. The third-order valence-electron chi connectivity index (χ3n) is 3.72. The first-order valence-electron chi connectivity index (χ1n) is 7.37. The molecule has 0 fully saturated rings. The molecular formula is C16H13F2NO5S2. The number of fused-ring (bicyclic) bond motifs is 1. The van der Waals surface area contributed by atoms with E-state index >= 15 is 0 Å². The van der Waals surface area contributed by atoms with Gasteiger partial charge in [-0.1, -0.05) is 6.07 Å². The van der Waals surface area contributed by atoms with E-state index in [4.69, 9.17) is 5.11 Å². The van der Waals surface area contributed by atoms with Crippen LogP contribution in [0.4, 0.5) is 13.8 Å². The highest BCUT2D eigenvalue weighted by Gasteiger charge is 2.23. The lowest BCUT2D eigenvalue weighted by atomic mass is 9.97. The number of sulfonamides is 1. The Morgan fingerprint density at radius 3 is 2.69 bits per heavy atom. The second kappa shape index (κ2) is 7.04. The van der Waals surface area contributed by atoms with E-state index in [9.17, 15) is 22.0 Å². The van der Waals surface area contributed by atoms with E-state index in [0.717, 1.165) is 11.3 Å². The molecule has 0 spiro atoms. The zero-order valence-corrected chi connectivity index (χ0v) is 14.7. The molecule has 0 atom stereocenters. The fraction of sp³-hybridized carbons (Fsp3) is 0.188. The molecule has 0 amide bonds. The SMILES string of the molecule is O=C(O)c1csc(NS(=O)(=O)C2=Cc3ccc(OC(F)F)cc3CC2)c1. The quantitative estimate of drug-likeness (QED) is 0.769. The Morgan fingerprint density at radius 2 is 2.04 bits per heavy atom. The van der Waals surface area contributed by atoms with Gasteiger partial charge in [-0.3, -0.25) is 4.72 Å². The Hall–Kier alpha value is -2.46. The maximum atomic E-state index is 12.5. The van der Waals surface area contributed by atoms with Crippen LogP contribution >= 0.6 is 11.3 Å². The lowest BCUT2D eigenvalue weighted by molar-refractivity contribution is -0.0498. The van der Waals surface area contributed by atoms with Crippen LogP contribution in [0.3, 0.4) is 0 Å². The summed E-state index contributed by atoms with van der Waals surface area (Å²) in [7, 11) is -3.84. The molecule has 0 bridgehead atoms. The van der Waals surface area contributed by atoms with Crippen molar-refractivity contribution >= 4 is 38.4 Å². The summed E-state index contributed by atoms with van der Waals surface area (Å²) in [6, 6.07) is 5.58. The molecule has 0 saturated heterocycles. The summed E-state index contributed by atoms with van der Waals surface area (Å²) in [6.07, 6.45) is 2.02. The largest absolute Gasteiger partial charge is 0.478 e. The van der Waals surface area contributed by atoms with Crippen LogP contribution in [0.25, 0.3) is 6.08 Å². The monoisotopic (exact) mass is 401 g/mol. The van der Waals surface area contributed by atoms with Gasteiger partial charge >= 0.3 is 12.6 Å². The van der Waals surface area contributed by atoms with Crippen LogP contribution < -0.4 is 9.46 Å². The van der Waals surface area contributed by atoms with Gasteiger partial charge in [-0.2, -0.15) is 8.78 Å². The van der Waals surface area contributed by atoms with E-state index in [1.165, 1.54) is 35.7 Å². The number of ether oxygens (including phenoxy) is 1. The number of carboxylic acid groups (broad SMARTS) is 1. The molecule has 1 aliphatic carbocycles. The summed E-state index contributed by atoms with van der Waals surface area (Å²) in [6.45, 7) is -2.92. The Morgan fingerprint density at radius 1 is 1.27 bits per heavy atom. The highest BCUT2D eigenvalue weighted by atomic mass is 32.2. The van der Waals surface area contributed by atoms with Gasteiger partial charge < -0.3 is 9.84 Å². The molecule has 1 aromatic carbocycles. The summed E-state index contributed by atoms with van der Waals surface area (Å²) in [5.41, 5.74) is 1.32. The van der Waals surface area contributed by atoms with Crippen molar-refractivity contribution in [2.75, 3.05) is 4.72 Å². The summed E-state index contributed by atoms with van der Waals surface area (Å²) < 4.78 is 56.3. The number of benzene rings is 1. The number of anilines is 1. The average Bonchev–Trinajstić information content (AvgIpc) is 3.01. The molecule has 6 nitrogen and oxygen atoms in total. The van der Waals surface area contributed by atoms with Gasteiger partial charge in [0.15, 0.2) is 0 Å². The number of allylic oxidation sites excluding steroid dienone is 1. The van der Waals surface area contributed by atoms with Crippen molar-refractivity contribution in [2.45, 2.75) is 19.5 Å². The Bertz CT molecular complexity index is 982. The first-order valence-corrected chi connectivity index (χ1v) is 9.74. The molecule has 3 rings (SSSR count). The number of alkyl halides is 2. The first kappa shape index (κ1) is 18.3. The Labute approximate surface area is 151 Å². The number of halogens is 2. The third-order valence-corrected chi connectivity index (χ3v) is 6.20. The Balaban J connectivity index is 1.82. The predicted molar refractivity (Wildman–Crippen MR) is 93.2 cm³/mol. The number of hydrogen-bond donors (Lipinski definition) is 2. The van der Waals surface area contributed by atoms with E-state index in [0.29, 0.717) is 17.5 Å². The van der Waals surface area contributed by atoms with Crippen molar-refractivity contribution < 1.29 is 31.8 Å². The van der Waals surface area contributed by atoms with Crippen molar-refractivity contribution in [3.8, 4) is 5.75 Å². The fourth-order valence-electron chi connectivity index (χ4n) is 2.53. The summed E-state index contributed by atoms with van der Waals surface area (Å²) >= 11 is 0.976. The van der Waals surface area contributed by atoms with Crippen molar-refractivity contribution in [1.82, 2.24) is 0 Å². The first-order chi connectivity index (χ1) is 12.2. The van der Waals surface area contributed by atoms with Gasteiger partial charge in [-0.25, -0.2) is 13.2 Å². The maximum absolute atomic E-state index is 12.5. The molecule has 0 saturated carbocycles. The minimum Gasteiger partial charge on any atom is -0.478 e. The van der Waals surface area contributed by atoms with Gasteiger partial charge in [0.2, 0.25) is 0 Å². The topological polar surface area (TPSA) is 92.7 Å². The normalized spacial score (nSPS) is 13.9. The molecule has 0 unspecified atom stereocenters. The molecule has 0 aliphatic heterocycles. The molecule has 26 heavy (non-hydrogen) atoms. The van der Waals surface area contributed by atoms with Crippen molar-refractivity contribution in [3.05, 3.63) is 51.2 Å². The van der Waals surface area contributed by atoms with Gasteiger partial charge in [0.05, 0.1) is 10.5 Å². The van der Waals surface area contributed by atoms with Crippen molar-refractivity contribution in [1.29, 1.82) is 0 Å². The minimum atomic E-state index is -3.84. The second-order valence-electron chi connectivity index (χ2n) is 5.46. The third kappa shape index (κ3) is 4.02. The number of aromatic carboxylic acids is 1. The molecule has 2 aromatic rings. The van der Waals surface area contributed by atoms with Crippen LogP contribution in [0.5, 0.6) is 5.75 Å². The smallest absolute Gasteiger partial charge is 0.387 e. The molecule has 1 heterocycles. The lowest BCUT2D eigenvalue weighted by Gasteiger charge is -2.18. The molecular weight excluding hydrogens is 388 g/mol. The van der Waals surface area contributed by atoms with Crippen molar-refractivity contribution in [2.24, 2.45) is 0 Å². The maximum Gasteiger partial charge on any atom is 0.387 e. The number of carbonyl (C=O) groups is 1. The standard InChI is InChI=1S/C16H13F2NO5S2/c17-16(18)24-12-3-1-10-6-13(4-2-9(10)5-12)26(22,23)19-14-7-11(8-25-14)15(20)21/h1,3,5-8,16,19H,2,4H2,(H,20,21). The number of carboxylic acids is 1. The highest BCUT2D eigenvalue weighted by molar-refractivity contribution is 7.96. The zero-order chi connectivity index (χ0) is 18.9. The van der Waals surface area contributed by atoms with Gasteiger partial charge in [-0.15, -0.1) is 11.3 Å². The van der Waals surface area contributed by atoms with E-state index in [1.54, 1.807) is 0 Å². The molecule has 1 aromatic heterocycles. The van der Waals surface area contributed by atoms with Crippen LogP contribution in [-0.2, 0) is 16.4 Å². The molecule has 1 aliphatic rings. The van der Waals surface area contributed by atoms with Crippen LogP contribution in [-0.4, -0.2) is 26.1 Å². The second-order valence-corrected chi connectivity index (χ2v) is 8.11. The van der Waals surface area contributed by atoms with Gasteiger partial charge in [-0.05, 0) is 48.2 Å². The van der Waals surface area contributed by atoms with Crippen LogP contribution in [0, 0.1) is 0 Å².